The van der Waals surface area contributed by atoms with Crippen molar-refractivity contribution >= 4 is 18.0 Å². The molecule has 1 N–H and O–H groups in total. The second-order valence-electron chi connectivity index (χ2n) is 12.9. The zero-order valence-corrected chi connectivity index (χ0v) is 24.2. The van der Waals surface area contributed by atoms with Gasteiger partial charge in [0.25, 0.3) is 0 Å². The average molecular weight is 580 g/mol. The van der Waals surface area contributed by atoms with E-state index in [9.17, 15) is 14.4 Å². The third-order valence-electron chi connectivity index (χ3n) is 9.83. The number of hydrogen-bond acceptors (Lipinski definition) is 6. The predicted molar refractivity (Wildman–Crippen MR) is 160 cm³/mol. The molecule has 0 radical (unpaired) electrons. The second kappa shape index (κ2) is 11.5. The van der Waals surface area contributed by atoms with Gasteiger partial charge in [0.05, 0.1) is 6.42 Å². The fourth-order valence-corrected chi connectivity index (χ4v) is 8.41. The van der Waals surface area contributed by atoms with E-state index in [4.69, 9.17) is 14.2 Å². The monoisotopic (exact) mass is 579 g/mol. The van der Waals surface area contributed by atoms with Crippen molar-refractivity contribution in [2.45, 2.75) is 69.1 Å². The minimum absolute atomic E-state index is 0.0343. The summed E-state index contributed by atoms with van der Waals surface area (Å²) in [5.74, 6) is 0.545. The molecule has 0 heterocycles. The second-order valence-corrected chi connectivity index (χ2v) is 12.9. The van der Waals surface area contributed by atoms with Crippen molar-refractivity contribution in [1.82, 2.24) is 5.32 Å². The van der Waals surface area contributed by atoms with E-state index in [0.29, 0.717) is 17.8 Å². The van der Waals surface area contributed by atoms with Crippen molar-refractivity contribution in [3.63, 3.8) is 0 Å². The minimum atomic E-state index is -1.22. The van der Waals surface area contributed by atoms with Crippen LogP contribution in [0.3, 0.4) is 0 Å². The van der Waals surface area contributed by atoms with Gasteiger partial charge in [0.15, 0.2) is 0 Å². The molecule has 222 valence electrons. The summed E-state index contributed by atoms with van der Waals surface area (Å²) in [5, 5.41) is 2.63. The Bertz CT molecular complexity index is 1440. The van der Waals surface area contributed by atoms with Crippen LogP contribution in [0.2, 0.25) is 0 Å². The highest BCUT2D eigenvalue weighted by Crippen LogP contribution is 2.57. The SMILES string of the molecule is O=C(C[C@H](NC(=O)OCC1c2ccccc2-c2ccccc21)C(=O)OCc1ccccc1)OC12CC3CC(CC(C3)C1)C2. The summed E-state index contributed by atoms with van der Waals surface area (Å²) in [6.45, 7) is 0.135. The van der Waals surface area contributed by atoms with E-state index in [-0.39, 0.29) is 25.6 Å². The molecule has 0 spiro atoms. The Kier molecular flexibility index (Phi) is 7.41. The molecule has 3 aromatic rings. The summed E-state index contributed by atoms with van der Waals surface area (Å²) in [6, 6.07) is 24.3. The molecule has 0 unspecified atom stereocenters. The molecular weight excluding hydrogens is 542 g/mol. The van der Waals surface area contributed by atoms with Gasteiger partial charge in [-0.1, -0.05) is 78.9 Å². The van der Waals surface area contributed by atoms with Gasteiger partial charge in [-0.15, -0.1) is 0 Å². The number of ether oxygens (including phenoxy) is 3. The molecule has 3 aromatic carbocycles. The molecule has 4 saturated carbocycles. The predicted octanol–water partition coefficient (Wildman–Crippen LogP) is 6.54. The molecule has 5 aliphatic carbocycles. The van der Waals surface area contributed by atoms with Crippen molar-refractivity contribution in [1.29, 1.82) is 0 Å². The Morgan fingerprint density at radius 2 is 1.30 bits per heavy atom. The standard InChI is InChI=1S/C36H37NO6/c38-33(43-36-18-24-14-25(19-36)16-26(15-24)20-36)17-32(34(39)41-21-23-8-2-1-3-9-23)37-35(40)42-22-31-29-12-6-4-10-27(29)28-11-5-7-13-30(28)31/h1-13,24-26,31-32H,14-22H2,(H,37,40)/t24?,25?,26?,32-,36?/m0/s1. The van der Waals surface area contributed by atoms with E-state index in [2.05, 4.69) is 17.4 Å². The molecule has 1 atom stereocenters. The Labute approximate surface area is 251 Å². The molecule has 0 aliphatic heterocycles. The van der Waals surface area contributed by atoms with Crippen molar-refractivity contribution in [2.24, 2.45) is 17.8 Å². The summed E-state index contributed by atoms with van der Waals surface area (Å²) in [5.41, 5.74) is 4.81. The van der Waals surface area contributed by atoms with Crippen LogP contribution in [0.5, 0.6) is 0 Å². The van der Waals surface area contributed by atoms with Crippen molar-refractivity contribution in [2.75, 3.05) is 6.61 Å². The van der Waals surface area contributed by atoms with Crippen LogP contribution in [0.25, 0.3) is 11.1 Å². The van der Waals surface area contributed by atoms with Gasteiger partial charge >= 0.3 is 18.0 Å². The largest absolute Gasteiger partial charge is 0.459 e. The van der Waals surface area contributed by atoms with Crippen LogP contribution in [0, 0.1) is 17.8 Å². The van der Waals surface area contributed by atoms with Crippen molar-refractivity contribution in [3.05, 3.63) is 95.6 Å². The molecule has 5 aliphatic rings. The Balaban J connectivity index is 1.02. The summed E-state index contributed by atoms with van der Waals surface area (Å²) in [7, 11) is 0. The number of nitrogens with one attached hydrogen (secondary N) is 1. The first-order valence-electron chi connectivity index (χ1n) is 15.5. The lowest BCUT2D eigenvalue weighted by Gasteiger charge is -2.55. The van der Waals surface area contributed by atoms with Gasteiger partial charge in [0, 0.05) is 5.92 Å². The lowest BCUT2D eigenvalue weighted by atomic mass is 9.54. The fourth-order valence-electron chi connectivity index (χ4n) is 8.41. The van der Waals surface area contributed by atoms with Crippen LogP contribution in [-0.2, 0) is 30.4 Å². The van der Waals surface area contributed by atoms with Crippen LogP contribution < -0.4 is 5.32 Å². The maximum atomic E-state index is 13.3. The quantitative estimate of drug-likeness (QED) is 0.229. The lowest BCUT2D eigenvalue weighted by Crippen LogP contribution is -2.53. The van der Waals surface area contributed by atoms with E-state index in [1.807, 2.05) is 66.7 Å². The average Bonchev–Trinajstić information content (AvgIpc) is 3.31. The molecule has 7 heteroatoms. The minimum Gasteiger partial charge on any atom is -0.459 e. The number of alkyl carbamates (subject to hydrolysis) is 1. The molecule has 7 nitrogen and oxygen atoms in total. The molecule has 43 heavy (non-hydrogen) atoms. The number of esters is 2. The van der Waals surface area contributed by atoms with Crippen molar-refractivity contribution in [3.8, 4) is 11.1 Å². The van der Waals surface area contributed by atoms with E-state index >= 15 is 0 Å². The third kappa shape index (κ3) is 5.77. The van der Waals surface area contributed by atoms with E-state index in [0.717, 1.165) is 47.1 Å². The zero-order valence-electron chi connectivity index (χ0n) is 24.2. The number of carbonyl (C=O) groups is 3. The number of carbonyl (C=O) groups excluding carboxylic acids is 3. The van der Waals surface area contributed by atoms with Crippen LogP contribution >= 0.6 is 0 Å². The highest BCUT2D eigenvalue weighted by Gasteiger charge is 2.53. The molecule has 0 aromatic heterocycles. The highest BCUT2D eigenvalue weighted by molar-refractivity contribution is 5.86. The lowest BCUT2D eigenvalue weighted by molar-refractivity contribution is -0.188. The van der Waals surface area contributed by atoms with Crippen LogP contribution in [0.1, 0.15) is 67.6 Å². The summed E-state index contributed by atoms with van der Waals surface area (Å²) in [4.78, 5) is 39.7. The van der Waals surface area contributed by atoms with Crippen LogP contribution in [0.4, 0.5) is 4.79 Å². The van der Waals surface area contributed by atoms with Gasteiger partial charge in [-0.2, -0.15) is 0 Å². The van der Waals surface area contributed by atoms with E-state index in [1.165, 1.54) is 19.3 Å². The molecule has 1 amide bonds. The molecule has 4 bridgehead atoms. The van der Waals surface area contributed by atoms with Gasteiger partial charge < -0.3 is 19.5 Å². The fraction of sp³-hybridized carbons (Fsp3) is 0.417. The summed E-state index contributed by atoms with van der Waals surface area (Å²) in [6.07, 6.45) is 5.30. The maximum Gasteiger partial charge on any atom is 0.407 e. The van der Waals surface area contributed by atoms with Gasteiger partial charge in [0.1, 0.15) is 24.9 Å². The van der Waals surface area contributed by atoms with Crippen molar-refractivity contribution < 1.29 is 28.6 Å². The Morgan fingerprint density at radius 3 is 1.91 bits per heavy atom. The maximum absolute atomic E-state index is 13.3. The third-order valence-corrected chi connectivity index (χ3v) is 9.83. The van der Waals surface area contributed by atoms with Gasteiger partial charge in [0.2, 0.25) is 0 Å². The molecule has 0 saturated heterocycles. The molecule has 8 rings (SSSR count). The number of benzene rings is 3. The van der Waals surface area contributed by atoms with Gasteiger partial charge in [-0.05, 0) is 84.1 Å². The number of fused-ring (bicyclic) bond motifs is 3. The first-order valence-corrected chi connectivity index (χ1v) is 15.5. The smallest absolute Gasteiger partial charge is 0.407 e. The zero-order chi connectivity index (χ0) is 29.4. The first-order chi connectivity index (χ1) is 20.9. The normalized spacial score (nSPS) is 25.3. The number of hydrogen-bond donors (Lipinski definition) is 1. The number of rotatable bonds is 9. The Hall–Kier alpha value is -4.13. The van der Waals surface area contributed by atoms with E-state index < -0.39 is 29.7 Å². The topological polar surface area (TPSA) is 90.9 Å². The van der Waals surface area contributed by atoms with Gasteiger partial charge in [-0.25, -0.2) is 9.59 Å². The summed E-state index contributed by atoms with van der Waals surface area (Å²) >= 11 is 0. The molecular formula is C36H37NO6. The highest BCUT2D eigenvalue weighted by atomic mass is 16.6. The Morgan fingerprint density at radius 1 is 0.744 bits per heavy atom. The van der Waals surface area contributed by atoms with Crippen LogP contribution in [0.15, 0.2) is 78.9 Å². The number of amides is 1. The van der Waals surface area contributed by atoms with Gasteiger partial charge in [-0.3, -0.25) is 4.79 Å². The summed E-state index contributed by atoms with van der Waals surface area (Å²) < 4.78 is 17.4. The van der Waals surface area contributed by atoms with E-state index in [1.54, 1.807) is 0 Å². The molecule has 4 fully saturated rings. The van der Waals surface area contributed by atoms with Crippen LogP contribution in [-0.4, -0.2) is 36.3 Å². The first kappa shape index (κ1) is 27.7.